The molecule has 0 bridgehead atoms. The standard InChI is InChI=1S/C20H22N2O2/c21-15-16-6-8-17(9-7-16)18-10-12-19(13-11-18)24-14-4-2-1-3-5-20(22)23/h6-13H,1-5,14H2,(H2,22,23). The Morgan fingerprint density at radius 3 is 2.08 bits per heavy atom. The number of rotatable bonds is 9. The minimum atomic E-state index is -0.228. The number of hydrogen-bond acceptors (Lipinski definition) is 3. The second-order valence-corrected chi connectivity index (χ2v) is 5.69. The molecule has 0 unspecified atom stereocenters. The second-order valence-electron chi connectivity index (χ2n) is 5.69. The second kappa shape index (κ2) is 9.36. The zero-order chi connectivity index (χ0) is 17.2. The summed E-state index contributed by atoms with van der Waals surface area (Å²) >= 11 is 0. The summed E-state index contributed by atoms with van der Waals surface area (Å²) in [6.07, 6.45) is 4.34. The molecule has 0 atom stereocenters. The summed E-state index contributed by atoms with van der Waals surface area (Å²) in [6, 6.07) is 17.6. The van der Waals surface area contributed by atoms with E-state index in [1.165, 1.54) is 0 Å². The molecule has 1 amide bonds. The van der Waals surface area contributed by atoms with Crippen LogP contribution in [0, 0.1) is 11.3 Å². The molecule has 0 aliphatic heterocycles. The molecule has 4 nitrogen and oxygen atoms in total. The highest BCUT2D eigenvalue weighted by Crippen LogP contribution is 2.23. The smallest absolute Gasteiger partial charge is 0.217 e. The van der Waals surface area contributed by atoms with Gasteiger partial charge in [0.1, 0.15) is 5.75 Å². The largest absolute Gasteiger partial charge is 0.494 e. The van der Waals surface area contributed by atoms with E-state index in [1.807, 2.05) is 48.5 Å². The maximum Gasteiger partial charge on any atom is 0.217 e. The Morgan fingerprint density at radius 2 is 1.50 bits per heavy atom. The average Bonchev–Trinajstić information content (AvgIpc) is 2.61. The van der Waals surface area contributed by atoms with Gasteiger partial charge in [-0.2, -0.15) is 5.26 Å². The first kappa shape index (κ1) is 17.6. The van der Waals surface area contributed by atoms with Gasteiger partial charge in [0.15, 0.2) is 0 Å². The van der Waals surface area contributed by atoms with Gasteiger partial charge in [-0.25, -0.2) is 0 Å². The highest BCUT2D eigenvalue weighted by Gasteiger charge is 2.00. The third kappa shape index (κ3) is 5.77. The van der Waals surface area contributed by atoms with Gasteiger partial charge in [0.05, 0.1) is 18.2 Å². The van der Waals surface area contributed by atoms with Crippen LogP contribution in [0.5, 0.6) is 5.75 Å². The fourth-order valence-electron chi connectivity index (χ4n) is 2.43. The van der Waals surface area contributed by atoms with Crippen LogP contribution >= 0.6 is 0 Å². The molecule has 2 aromatic carbocycles. The van der Waals surface area contributed by atoms with Crippen molar-refractivity contribution < 1.29 is 9.53 Å². The summed E-state index contributed by atoms with van der Waals surface area (Å²) < 4.78 is 5.73. The Kier molecular flexibility index (Phi) is 6.85. The number of hydrogen-bond donors (Lipinski definition) is 1. The van der Waals surface area contributed by atoms with Crippen LogP contribution in [0.25, 0.3) is 11.1 Å². The van der Waals surface area contributed by atoms with Gasteiger partial charge in [-0.3, -0.25) is 4.79 Å². The quantitative estimate of drug-likeness (QED) is 0.708. The highest BCUT2D eigenvalue weighted by molar-refractivity contribution is 5.73. The SMILES string of the molecule is N#Cc1ccc(-c2ccc(OCCCCCCC(N)=O)cc2)cc1. The molecule has 0 saturated carbocycles. The third-order valence-corrected chi connectivity index (χ3v) is 3.79. The van der Waals surface area contributed by atoms with E-state index in [0.29, 0.717) is 18.6 Å². The van der Waals surface area contributed by atoms with Crippen molar-refractivity contribution >= 4 is 5.91 Å². The molecular formula is C20H22N2O2. The van der Waals surface area contributed by atoms with Gasteiger partial charge < -0.3 is 10.5 Å². The predicted octanol–water partition coefficient (Wildman–Crippen LogP) is 4.04. The van der Waals surface area contributed by atoms with Crippen LogP contribution < -0.4 is 10.5 Å². The van der Waals surface area contributed by atoms with Crippen molar-refractivity contribution in [3.8, 4) is 22.9 Å². The van der Waals surface area contributed by atoms with Gasteiger partial charge in [0.25, 0.3) is 0 Å². The maximum atomic E-state index is 10.6. The van der Waals surface area contributed by atoms with E-state index < -0.39 is 0 Å². The van der Waals surface area contributed by atoms with Gasteiger partial charge in [-0.15, -0.1) is 0 Å². The Hall–Kier alpha value is -2.80. The monoisotopic (exact) mass is 322 g/mol. The minimum absolute atomic E-state index is 0.228. The van der Waals surface area contributed by atoms with E-state index in [4.69, 9.17) is 15.7 Å². The maximum absolute atomic E-state index is 10.6. The predicted molar refractivity (Wildman–Crippen MR) is 94.4 cm³/mol. The van der Waals surface area contributed by atoms with Gasteiger partial charge >= 0.3 is 0 Å². The van der Waals surface area contributed by atoms with Crippen LogP contribution in [0.2, 0.25) is 0 Å². The van der Waals surface area contributed by atoms with Crippen molar-refractivity contribution in [1.29, 1.82) is 5.26 Å². The van der Waals surface area contributed by atoms with Crippen LogP contribution in [0.3, 0.4) is 0 Å². The zero-order valence-corrected chi connectivity index (χ0v) is 13.7. The number of amides is 1. The Labute approximate surface area is 142 Å². The zero-order valence-electron chi connectivity index (χ0n) is 13.7. The molecule has 2 aromatic rings. The Morgan fingerprint density at radius 1 is 0.917 bits per heavy atom. The summed E-state index contributed by atoms with van der Waals surface area (Å²) in [4.78, 5) is 10.6. The molecule has 0 aliphatic rings. The molecule has 4 heteroatoms. The van der Waals surface area contributed by atoms with Crippen molar-refractivity contribution in [3.05, 3.63) is 54.1 Å². The van der Waals surface area contributed by atoms with E-state index in [1.54, 1.807) is 0 Å². The fraction of sp³-hybridized carbons (Fsp3) is 0.300. The molecule has 0 radical (unpaired) electrons. The van der Waals surface area contributed by atoms with E-state index in [9.17, 15) is 4.79 Å². The molecular weight excluding hydrogens is 300 g/mol. The van der Waals surface area contributed by atoms with Gasteiger partial charge in [-0.1, -0.05) is 37.1 Å². The number of primary amides is 1. The van der Waals surface area contributed by atoms with Crippen LogP contribution in [0.1, 0.15) is 37.7 Å². The molecule has 0 spiro atoms. The van der Waals surface area contributed by atoms with Crippen molar-refractivity contribution in [2.75, 3.05) is 6.61 Å². The van der Waals surface area contributed by atoms with Crippen LogP contribution in [0.15, 0.2) is 48.5 Å². The minimum Gasteiger partial charge on any atom is -0.494 e. The van der Waals surface area contributed by atoms with E-state index in [0.717, 1.165) is 42.6 Å². The van der Waals surface area contributed by atoms with Crippen LogP contribution in [0.4, 0.5) is 0 Å². The summed E-state index contributed by atoms with van der Waals surface area (Å²) in [5, 5.41) is 8.82. The lowest BCUT2D eigenvalue weighted by atomic mass is 10.0. The van der Waals surface area contributed by atoms with Crippen molar-refractivity contribution in [1.82, 2.24) is 0 Å². The van der Waals surface area contributed by atoms with Gasteiger partial charge in [0, 0.05) is 6.42 Å². The van der Waals surface area contributed by atoms with E-state index in [-0.39, 0.29) is 5.91 Å². The topological polar surface area (TPSA) is 76.1 Å². The van der Waals surface area contributed by atoms with Crippen molar-refractivity contribution in [2.24, 2.45) is 5.73 Å². The van der Waals surface area contributed by atoms with Gasteiger partial charge in [0.2, 0.25) is 5.91 Å². The number of ether oxygens (including phenoxy) is 1. The number of carbonyl (C=O) groups is 1. The molecule has 0 heterocycles. The van der Waals surface area contributed by atoms with E-state index in [2.05, 4.69) is 6.07 Å². The van der Waals surface area contributed by atoms with Crippen molar-refractivity contribution in [3.63, 3.8) is 0 Å². The summed E-state index contributed by atoms with van der Waals surface area (Å²) in [5.41, 5.74) is 7.94. The lowest BCUT2D eigenvalue weighted by Crippen LogP contribution is -2.09. The average molecular weight is 322 g/mol. The number of nitriles is 1. The molecule has 2 rings (SSSR count). The first-order chi connectivity index (χ1) is 11.7. The van der Waals surface area contributed by atoms with Crippen LogP contribution in [-0.4, -0.2) is 12.5 Å². The lowest BCUT2D eigenvalue weighted by Gasteiger charge is -2.07. The number of carbonyl (C=O) groups excluding carboxylic acids is 1. The summed E-state index contributed by atoms with van der Waals surface area (Å²) in [6.45, 7) is 0.673. The first-order valence-corrected chi connectivity index (χ1v) is 8.21. The molecule has 124 valence electrons. The number of nitrogens with two attached hydrogens (primary N) is 1. The number of benzene rings is 2. The molecule has 0 saturated heterocycles. The third-order valence-electron chi connectivity index (χ3n) is 3.79. The first-order valence-electron chi connectivity index (χ1n) is 8.21. The van der Waals surface area contributed by atoms with Crippen molar-refractivity contribution in [2.45, 2.75) is 32.1 Å². The summed E-state index contributed by atoms with van der Waals surface area (Å²) in [7, 11) is 0. The van der Waals surface area contributed by atoms with Gasteiger partial charge in [-0.05, 0) is 48.2 Å². The number of nitrogens with zero attached hydrogens (tertiary/aromatic N) is 1. The Bertz CT molecular complexity index is 685. The molecule has 2 N–H and O–H groups in total. The molecule has 0 aliphatic carbocycles. The molecule has 24 heavy (non-hydrogen) atoms. The molecule has 0 aromatic heterocycles. The molecule has 0 fully saturated rings. The van der Waals surface area contributed by atoms with E-state index >= 15 is 0 Å². The van der Waals surface area contributed by atoms with Crippen LogP contribution in [-0.2, 0) is 4.79 Å². The highest BCUT2D eigenvalue weighted by atomic mass is 16.5. The normalized spacial score (nSPS) is 10.1. The Balaban J connectivity index is 1.74. The summed E-state index contributed by atoms with van der Waals surface area (Å²) in [5.74, 6) is 0.623. The lowest BCUT2D eigenvalue weighted by molar-refractivity contribution is -0.118. The fourth-order valence-corrected chi connectivity index (χ4v) is 2.43. The number of unbranched alkanes of at least 4 members (excludes halogenated alkanes) is 3.